The summed E-state index contributed by atoms with van der Waals surface area (Å²) in [6.45, 7) is 2.21. The van der Waals surface area contributed by atoms with E-state index in [0.29, 0.717) is 21.4 Å². The highest BCUT2D eigenvalue weighted by Gasteiger charge is 2.16. The van der Waals surface area contributed by atoms with Crippen molar-refractivity contribution in [3.05, 3.63) is 63.6 Å². The predicted molar refractivity (Wildman–Crippen MR) is 107 cm³/mol. The molecule has 0 fully saturated rings. The third-order valence-corrected chi connectivity index (χ3v) is 5.21. The number of aromatic nitrogens is 1. The molecule has 134 valence electrons. The zero-order valence-corrected chi connectivity index (χ0v) is 15.9. The maximum absolute atomic E-state index is 9.53. The summed E-state index contributed by atoms with van der Waals surface area (Å²) in [6, 6.07) is 13.5. The van der Waals surface area contributed by atoms with Gasteiger partial charge in [-0.25, -0.2) is 4.98 Å². The molecule has 0 aliphatic carbocycles. The second-order valence-corrected chi connectivity index (χ2v) is 7.17. The summed E-state index contributed by atoms with van der Waals surface area (Å²) in [4.78, 5) is 4.59. The summed E-state index contributed by atoms with van der Waals surface area (Å²) < 4.78 is 10.7. The minimum atomic E-state index is 0.233. The molecule has 2 aromatic carbocycles. The summed E-state index contributed by atoms with van der Waals surface area (Å²) in [5.74, 6) is 1.43. The molecule has 0 amide bonds. The van der Waals surface area contributed by atoms with E-state index in [0.717, 1.165) is 28.3 Å². The SMILES string of the molecule is Cc1ccc(Cl)cc1N/C=C(\C#N)c1nc(-c2ccc3c(c2)OCO3)cs1. The number of aryl methyl sites for hydroxylation is 1. The molecular formula is C20H14ClN3O2S. The van der Waals surface area contributed by atoms with Crippen LogP contribution in [0.3, 0.4) is 0 Å². The van der Waals surface area contributed by atoms with Crippen LogP contribution in [0.1, 0.15) is 10.6 Å². The maximum atomic E-state index is 9.53. The molecule has 0 spiro atoms. The van der Waals surface area contributed by atoms with Crippen molar-refractivity contribution in [3.8, 4) is 28.8 Å². The van der Waals surface area contributed by atoms with E-state index in [1.807, 2.05) is 48.7 Å². The van der Waals surface area contributed by atoms with Crippen LogP contribution < -0.4 is 14.8 Å². The molecule has 0 saturated heterocycles. The number of fused-ring (bicyclic) bond motifs is 1. The number of allylic oxidation sites excluding steroid dienone is 1. The van der Waals surface area contributed by atoms with E-state index in [2.05, 4.69) is 16.4 Å². The van der Waals surface area contributed by atoms with Crippen LogP contribution in [0.15, 0.2) is 48.0 Å². The maximum Gasteiger partial charge on any atom is 0.231 e. The van der Waals surface area contributed by atoms with Gasteiger partial charge in [-0.2, -0.15) is 5.26 Å². The zero-order chi connectivity index (χ0) is 18.8. The third kappa shape index (κ3) is 3.61. The van der Waals surface area contributed by atoms with E-state index in [4.69, 9.17) is 21.1 Å². The van der Waals surface area contributed by atoms with Crippen molar-refractivity contribution in [1.29, 1.82) is 5.26 Å². The monoisotopic (exact) mass is 395 g/mol. The third-order valence-electron chi connectivity index (χ3n) is 4.10. The number of halogens is 1. The number of hydrogen-bond acceptors (Lipinski definition) is 6. The van der Waals surface area contributed by atoms with E-state index in [9.17, 15) is 5.26 Å². The molecule has 3 aromatic rings. The molecule has 7 heteroatoms. The first-order valence-electron chi connectivity index (χ1n) is 8.13. The van der Waals surface area contributed by atoms with Gasteiger partial charge in [0.15, 0.2) is 11.5 Å². The van der Waals surface area contributed by atoms with Gasteiger partial charge in [0.2, 0.25) is 6.79 Å². The smallest absolute Gasteiger partial charge is 0.231 e. The second kappa shape index (κ2) is 7.31. The molecule has 1 aromatic heterocycles. The summed E-state index contributed by atoms with van der Waals surface area (Å²) in [5, 5.41) is 15.9. The van der Waals surface area contributed by atoms with E-state index in [1.165, 1.54) is 11.3 Å². The number of anilines is 1. The van der Waals surface area contributed by atoms with Crippen molar-refractivity contribution in [2.45, 2.75) is 6.92 Å². The van der Waals surface area contributed by atoms with Crippen LogP contribution in [0.5, 0.6) is 11.5 Å². The predicted octanol–water partition coefficient (Wildman–Crippen LogP) is 5.48. The Morgan fingerprint density at radius 2 is 2.11 bits per heavy atom. The molecule has 0 saturated carbocycles. The summed E-state index contributed by atoms with van der Waals surface area (Å²) >= 11 is 7.45. The van der Waals surface area contributed by atoms with Crippen LogP contribution in [-0.2, 0) is 0 Å². The minimum Gasteiger partial charge on any atom is -0.454 e. The van der Waals surface area contributed by atoms with Crippen LogP contribution in [0.25, 0.3) is 16.8 Å². The van der Waals surface area contributed by atoms with Gasteiger partial charge in [-0.1, -0.05) is 17.7 Å². The Kier molecular flexibility index (Phi) is 4.71. The van der Waals surface area contributed by atoms with Crippen molar-refractivity contribution in [2.24, 2.45) is 0 Å². The average Bonchev–Trinajstić information content (AvgIpc) is 3.33. The lowest BCUT2D eigenvalue weighted by Crippen LogP contribution is -1.93. The first-order chi connectivity index (χ1) is 13.1. The number of hydrogen-bond donors (Lipinski definition) is 1. The quantitative estimate of drug-likeness (QED) is 0.592. The van der Waals surface area contributed by atoms with Crippen molar-refractivity contribution in [1.82, 2.24) is 4.98 Å². The van der Waals surface area contributed by atoms with Gasteiger partial charge in [-0.3, -0.25) is 0 Å². The number of nitriles is 1. The van der Waals surface area contributed by atoms with E-state index in [-0.39, 0.29) is 6.79 Å². The van der Waals surface area contributed by atoms with E-state index >= 15 is 0 Å². The molecule has 4 rings (SSSR count). The van der Waals surface area contributed by atoms with Crippen molar-refractivity contribution < 1.29 is 9.47 Å². The molecule has 0 radical (unpaired) electrons. The van der Waals surface area contributed by atoms with E-state index < -0.39 is 0 Å². The fourth-order valence-electron chi connectivity index (χ4n) is 2.63. The van der Waals surface area contributed by atoms with Crippen molar-refractivity contribution >= 4 is 34.2 Å². The Morgan fingerprint density at radius 1 is 1.26 bits per heavy atom. The molecule has 27 heavy (non-hydrogen) atoms. The van der Waals surface area contributed by atoms with Crippen LogP contribution in [0, 0.1) is 18.3 Å². The fraction of sp³-hybridized carbons (Fsp3) is 0.100. The Bertz CT molecular complexity index is 1090. The molecule has 0 atom stereocenters. The Balaban J connectivity index is 1.59. The molecule has 1 aliphatic heterocycles. The number of rotatable bonds is 4. The van der Waals surface area contributed by atoms with Crippen LogP contribution in [-0.4, -0.2) is 11.8 Å². The highest BCUT2D eigenvalue weighted by molar-refractivity contribution is 7.11. The van der Waals surface area contributed by atoms with Gasteiger partial charge < -0.3 is 14.8 Å². The molecule has 2 heterocycles. The molecule has 0 bridgehead atoms. The number of nitrogens with one attached hydrogen (secondary N) is 1. The van der Waals surface area contributed by atoms with Gasteiger partial charge in [-0.05, 0) is 42.8 Å². The minimum absolute atomic E-state index is 0.233. The second-order valence-electron chi connectivity index (χ2n) is 5.88. The largest absolute Gasteiger partial charge is 0.454 e. The molecule has 1 N–H and O–H groups in total. The van der Waals surface area contributed by atoms with Gasteiger partial charge in [0.25, 0.3) is 0 Å². The highest BCUT2D eigenvalue weighted by atomic mass is 35.5. The fourth-order valence-corrected chi connectivity index (χ4v) is 3.59. The first-order valence-corrected chi connectivity index (χ1v) is 9.38. The van der Waals surface area contributed by atoms with Gasteiger partial charge in [-0.15, -0.1) is 11.3 Å². The average molecular weight is 396 g/mol. The molecule has 5 nitrogen and oxygen atoms in total. The normalized spacial score (nSPS) is 12.7. The molecule has 0 unspecified atom stereocenters. The van der Waals surface area contributed by atoms with Gasteiger partial charge in [0, 0.05) is 27.9 Å². The van der Waals surface area contributed by atoms with Gasteiger partial charge in [0.05, 0.1) is 5.69 Å². The lowest BCUT2D eigenvalue weighted by Gasteiger charge is -2.06. The first kappa shape index (κ1) is 17.4. The standard InChI is InChI=1S/C20H14ClN3O2S/c1-12-2-4-15(21)7-16(12)23-9-14(8-22)20-24-17(10-27-20)13-3-5-18-19(6-13)26-11-25-18/h2-7,9-10,23H,11H2,1H3/b14-9+. The van der Waals surface area contributed by atoms with Crippen molar-refractivity contribution in [2.75, 3.05) is 12.1 Å². The Labute approximate surface area is 165 Å². The summed E-state index contributed by atoms with van der Waals surface area (Å²) in [6.07, 6.45) is 1.65. The van der Waals surface area contributed by atoms with Crippen LogP contribution in [0.4, 0.5) is 5.69 Å². The lowest BCUT2D eigenvalue weighted by atomic mass is 10.1. The molecule has 1 aliphatic rings. The number of benzene rings is 2. The van der Waals surface area contributed by atoms with Gasteiger partial charge in [0.1, 0.15) is 16.6 Å². The van der Waals surface area contributed by atoms with Crippen LogP contribution in [0.2, 0.25) is 5.02 Å². The summed E-state index contributed by atoms with van der Waals surface area (Å²) in [5.41, 5.74) is 4.04. The zero-order valence-electron chi connectivity index (χ0n) is 14.3. The number of thiazole rings is 1. The van der Waals surface area contributed by atoms with Crippen LogP contribution >= 0.6 is 22.9 Å². The Hall–Kier alpha value is -3.01. The van der Waals surface area contributed by atoms with E-state index in [1.54, 1.807) is 6.20 Å². The topological polar surface area (TPSA) is 67.2 Å². The Morgan fingerprint density at radius 3 is 2.96 bits per heavy atom. The van der Waals surface area contributed by atoms with Gasteiger partial charge >= 0.3 is 0 Å². The number of ether oxygens (including phenoxy) is 2. The number of nitrogens with zero attached hydrogens (tertiary/aromatic N) is 2. The molecular weight excluding hydrogens is 382 g/mol. The summed E-state index contributed by atoms with van der Waals surface area (Å²) in [7, 11) is 0. The van der Waals surface area contributed by atoms with Crippen molar-refractivity contribution in [3.63, 3.8) is 0 Å². The highest BCUT2D eigenvalue weighted by Crippen LogP contribution is 2.36. The lowest BCUT2D eigenvalue weighted by molar-refractivity contribution is 0.174.